The number of ether oxygens (including phenoxy) is 10. The number of esters is 2. The number of nitrogens with zero attached hydrogens (tertiary/aromatic N) is 6. The number of aromatic carboxylic acids is 1. The van der Waals surface area contributed by atoms with Crippen LogP contribution in [0.5, 0.6) is 34.5 Å². The number of anilines is 2. The predicted molar refractivity (Wildman–Crippen MR) is 438 cm³/mol. The molecule has 4 aliphatic heterocycles. The molecule has 8 aliphatic rings. The molecule has 14 rings (SSSR count). The average molecular weight is 1560 g/mol. The van der Waals surface area contributed by atoms with Crippen molar-refractivity contribution in [2.45, 2.75) is 202 Å². The smallest absolute Gasteiger partial charge is 0.341 e. The third kappa shape index (κ3) is 17.6. The van der Waals surface area contributed by atoms with Crippen LogP contribution >= 0.6 is 0 Å². The van der Waals surface area contributed by atoms with E-state index in [-0.39, 0.29) is 82.7 Å². The van der Waals surface area contributed by atoms with Crippen LogP contribution in [0.2, 0.25) is 0 Å². The molecule has 0 radical (unpaired) electrons. The maximum absolute atomic E-state index is 13.6. The van der Waals surface area contributed by atoms with Gasteiger partial charge in [-0.3, -0.25) is 14.6 Å². The Kier molecular flexibility index (Phi) is 25.8. The predicted octanol–water partition coefficient (Wildman–Crippen LogP) is 14.3. The van der Waals surface area contributed by atoms with Gasteiger partial charge in [-0.25, -0.2) is 14.4 Å². The van der Waals surface area contributed by atoms with Gasteiger partial charge in [0.1, 0.15) is 70.0 Å². The zero-order valence-corrected chi connectivity index (χ0v) is 68.7. The zero-order chi connectivity index (χ0) is 81.3. The van der Waals surface area contributed by atoms with Crippen LogP contribution in [0.3, 0.4) is 0 Å². The standard InChI is InChI=1S/C45H56N4O7.C28H34N2O7.C17H24N2O.CH4/c1-28-21-34(22-29(2)37(28)26-46)56-42-43(3,4)41(44(42,5)6)47-39(50)30-9-11-31(12-10-30)48-17-15-45(16-18-48)27-49(19-20-54-45)32-23-35(24-32)55-33-13-14-36(40(51)53-8)38(25-33)52-7;1-34-25-17-22(7-8-24(25)27(33)35-2)37-23-15-21(16-23)30-13-14-36-28(18-30)9-11-29(12-10-28)20-5-3-19(4-6-20)26(31)32;1-10-7-12(8-11(2)13(10)9-18)20-15-16(3,4)14(19)17(15,5)6;/h9-14,21-22,25,32,35,41-42H,15-20,23-24,27H2,1-8H3,(H,47,50);3-8,17,21,23H,9-16,18H2,1-2H3,(H,31,32);7-8,14-15H,19H2,1-6H3;1H4. The number of nitriles is 2. The number of piperidine rings is 2. The van der Waals surface area contributed by atoms with Crippen molar-refractivity contribution in [1.82, 2.24) is 15.1 Å². The first-order valence-electron chi connectivity index (χ1n) is 39.7. The van der Waals surface area contributed by atoms with Crippen molar-refractivity contribution in [2.24, 2.45) is 27.4 Å². The number of carbonyl (C=O) groups is 4. The lowest BCUT2D eigenvalue weighted by molar-refractivity contribution is -0.164. The largest absolute Gasteiger partial charge is 0.496 e. The van der Waals surface area contributed by atoms with Crippen molar-refractivity contribution in [2.75, 3.05) is 104 Å². The number of morpholine rings is 2. The molecular weight excluding hydrogens is 1450 g/mol. The van der Waals surface area contributed by atoms with Gasteiger partial charge in [-0.1, -0.05) is 62.8 Å². The maximum atomic E-state index is 13.6. The SMILES string of the molecule is C.COC(=O)c1ccc(OC2CC(N3CCOC4(CCN(c5ccc(C(=O)NC6C(C)(C)C(Oc7cc(C)c(C#N)c(C)c7)C6(C)C)cc5)CC4)C3)C2)cc1OC.COC(=O)c1ccc(OC2CC(N3CCOC4(CCN(c5ccc(C(=O)O)cc5)CC4)C3)C2)cc1OC.Cc1cc(OC2C(C)(C)C(N)C2(C)C)cc(C)c1C#N. The highest BCUT2D eigenvalue weighted by Gasteiger charge is 2.65. The van der Waals surface area contributed by atoms with Crippen LogP contribution < -0.4 is 49.3 Å². The van der Waals surface area contributed by atoms with Gasteiger partial charge in [0, 0.05) is 153 Å². The molecule has 6 aromatic carbocycles. The third-order valence-corrected chi connectivity index (χ3v) is 25.6. The van der Waals surface area contributed by atoms with E-state index in [2.05, 4.69) is 105 Å². The number of amides is 1. The van der Waals surface area contributed by atoms with Crippen LogP contribution in [0.4, 0.5) is 11.4 Å². The minimum absolute atomic E-state index is 0. The Morgan fingerprint density at radius 3 is 1.19 bits per heavy atom. The Morgan fingerprint density at radius 1 is 0.491 bits per heavy atom. The Bertz CT molecular complexity index is 4460. The number of hydrogen-bond donors (Lipinski definition) is 3. The van der Waals surface area contributed by atoms with E-state index in [9.17, 15) is 24.4 Å². The van der Waals surface area contributed by atoms with Gasteiger partial charge in [0.2, 0.25) is 0 Å². The highest BCUT2D eigenvalue weighted by molar-refractivity contribution is 5.95. The number of benzene rings is 6. The highest BCUT2D eigenvalue weighted by Crippen LogP contribution is 2.57. The lowest BCUT2D eigenvalue weighted by atomic mass is 9.49. The van der Waals surface area contributed by atoms with E-state index in [0.717, 1.165) is 168 Å². The molecule has 4 N–H and O–H groups in total. The molecule has 2 spiro atoms. The number of rotatable bonds is 19. The summed E-state index contributed by atoms with van der Waals surface area (Å²) in [6.45, 7) is 33.7. The quantitative estimate of drug-likeness (QED) is 0.0635. The number of methoxy groups -OCH3 is 4. The first-order chi connectivity index (χ1) is 53.7. The molecule has 1 amide bonds. The minimum Gasteiger partial charge on any atom is -0.496 e. The van der Waals surface area contributed by atoms with Crippen molar-refractivity contribution < 1.29 is 71.7 Å². The van der Waals surface area contributed by atoms with Crippen LogP contribution in [-0.2, 0) is 18.9 Å². The van der Waals surface area contributed by atoms with Crippen molar-refractivity contribution in [3.63, 3.8) is 0 Å². The first kappa shape index (κ1) is 85.3. The number of carbonyl (C=O) groups excluding carboxylic acids is 3. The Hall–Kier alpha value is -9.62. The summed E-state index contributed by atoms with van der Waals surface area (Å²) < 4.78 is 58.4. The number of hydrogen-bond acceptors (Lipinski definition) is 21. The van der Waals surface area contributed by atoms with E-state index in [0.29, 0.717) is 62.9 Å². The lowest BCUT2D eigenvalue weighted by Gasteiger charge is -2.63. The molecule has 0 bridgehead atoms. The number of carboxylic acid groups (broad SMARTS) is 1. The Morgan fingerprint density at radius 2 is 0.851 bits per heavy atom. The van der Waals surface area contributed by atoms with Crippen LogP contribution in [-0.4, -0.2) is 193 Å². The second kappa shape index (κ2) is 34.4. The summed E-state index contributed by atoms with van der Waals surface area (Å²) in [7, 11) is 5.76. The van der Waals surface area contributed by atoms with E-state index in [4.69, 9.17) is 63.5 Å². The first-order valence-corrected chi connectivity index (χ1v) is 39.7. The molecule has 114 heavy (non-hydrogen) atoms. The second-order valence-electron chi connectivity index (χ2n) is 34.6. The number of aryl methyl sites for hydroxylation is 4. The fourth-order valence-corrected chi connectivity index (χ4v) is 19.3. The molecule has 0 aromatic heterocycles. The van der Waals surface area contributed by atoms with E-state index < -0.39 is 17.9 Å². The molecule has 4 heterocycles. The molecule has 4 saturated carbocycles. The minimum atomic E-state index is -0.903. The number of nitrogens with two attached hydrogens (primary N) is 1. The van der Waals surface area contributed by atoms with Crippen LogP contribution in [0.1, 0.15) is 189 Å². The topological polar surface area (TPSA) is 279 Å². The molecule has 6 aromatic rings. The van der Waals surface area contributed by atoms with Gasteiger partial charge >= 0.3 is 17.9 Å². The molecule has 4 aliphatic carbocycles. The van der Waals surface area contributed by atoms with Gasteiger partial charge in [0.25, 0.3) is 5.91 Å². The maximum Gasteiger partial charge on any atom is 0.341 e. The molecule has 0 atom stereocenters. The summed E-state index contributed by atoms with van der Waals surface area (Å²) in [6, 6.07) is 38.8. The average Bonchev–Trinajstić information content (AvgIpc) is 0.715. The van der Waals surface area contributed by atoms with Gasteiger partial charge in [0.05, 0.1) is 81.7 Å². The highest BCUT2D eigenvalue weighted by atomic mass is 16.5. The van der Waals surface area contributed by atoms with Crippen molar-refractivity contribution >= 4 is 35.2 Å². The van der Waals surface area contributed by atoms with Gasteiger partial charge < -0.3 is 73.3 Å². The van der Waals surface area contributed by atoms with E-state index >= 15 is 0 Å². The number of nitrogens with one attached hydrogen (secondary N) is 1. The lowest BCUT2D eigenvalue weighted by Crippen LogP contribution is -2.74. The normalized spacial score (nSPS) is 24.4. The van der Waals surface area contributed by atoms with Gasteiger partial charge in [-0.2, -0.15) is 10.5 Å². The molecule has 4 saturated heterocycles. The zero-order valence-electron chi connectivity index (χ0n) is 68.7. The number of carboxylic acids is 1. The van der Waals surface area contributed by atoms with Crippen molar-refractivity contribution in [3.8, 4) is 46.6 Å². The van der Waals surface area contributed by atoms with Crippen LogP contribution in [0, 0.1) is 72.0 Å². The summed E-state index contributed by atoms with van der Waals surface area (Å²) in [5.41, 5.74) is 14.3. The molecular formula is C91H118N8O15. The van der Waals surface area contributed by atoms with E-state index in [1.165, 1.54) is 28.4 Å². The molecule has 612 valence electrons. The van der Waals surface area contributed by atoms with Gasteiger partial charge in [-0.05, 0) is 173 Å². The van der Waals surface area contributed by atoms with Crippen molar-refractivity contribution in [1.29, 1.82) is 10.5 Å². The molecule has 23 heteroatoms. The van der Waals surface area contributed by atoms with E-state index in [1.807, 2.05) is 76.2 Å². The third-order valence-electron chi connectivity index (χ3n) is 25.6. The molecule has 23 nitrogen and oxygen atoms in total. The van der Waals surface area contributed by atoms with Crippen molar-refractivity contribution in [3.05, 3.63) is 165 Å². The summed E-state index contributed by atoms with van der Waals surface area (Å²) in [5.74, 6) is 1.99. The fourth-order valence-electron chi connectivity index (χ4n) is 19.3. The summed E-state index contributed by atoms with van der Waals surface area (Å²) >= 11 is 0. The van der Waals surface area contributed by atoms with Crippen LogP contribution in [0.25, 0.3) is 0 Å². The molecule has 8 fully saturated rings. The van der Waals surface area contributed by atoms with Gasteiger partial charge in [0.15, 0.2) is 0 Å². The summed E-state index contributed by atoms with van der Waals surface area (Å²) in [6.07, 6.45) is 7.81. The summed E-state index contributed by atoms with van der Waals surface area (Å²) in [4.78, 5) is 58.5. The van der Waals surface area contributed by atoms with Gasteiger partial charge in [-0.15, -0.1) is 0 Å². The van der Waals surface area contributed by atoms with E-state index in [1.54, 1.807) is 48.5 Å². The Labute approximate surface area is 673 Å². The monoisotopic (exact) mass is 1560 g/mol. The second-order valence-corrected chi connectivity index (χ2v) is 34.6. The Balaban J connectivity index is 0.000000189. The fraction of sp³-hybridized carbons (Fsp3) is 0.538. The van der Waals surface area contributed by atoms with Crippen LogP contribution in [0.15, 0.2) is 109 Å². The molecule has 0 unspecified atom stereocenters. The summed E-state index contributed by atoms with van der Waals surface area (Å²) in [5, 5.41) is 31.1.